The first-order chi connectivity index (χ1) is 11.4. The third kappa shape index (κ3) is 4.60. The van der Waals surface area contributed by atoms with E-state index in [1.807, 2.05) is 0 Å². The van der Waals surface area contributed by atoms with Gasteiger partial charge in [0.25, 0.3) is 5.91 Å². The van der Waals surface area contributed by atoms with Crippen LogP contribution in [0.4, 0.5) is 10.1 Å². The molecule has 0 saturated heterocycles. The van der Waals surface area contributed by atoms with Crippen molar-refractivity contribution in [1.82, 2.24) is 4.72 Å². The monoisotopic (exact) mass is 352 g/mol. The molecular weight excluding hydrogens is 335 g/mol. The highest BCUT2D eigenvalue weighted by Crippen LogP contribution is 2.15. The first kappa shape index (κ1) is 18.1. The van der Waals surface area contributed by atoms with E-state index in [4.69, 9.17) is 4.74 Å². The summed E-state index contributed by atoms with van der Waals surface area (Å²) < 4.78 is 44.7. The first-order valence-corrected chi connectivity index (χ1v) is 8.57. The molecule has 0 saturated carbocycles. The third-order valence-corrected chi connectivity index (χ3v) is 4.62. The second-order valence-corrected chi connectivity index (χ2v) is 6.62. The van der Waals surface area contributed by atoms with Crippen molar-refractivity contribution in [3.63, 3.8) is 0 Å². The molecule has 0 aliphatic carbocycles. The van der Waals surface area contributed by atoms with E-state index in [2.05, 4.69) is 10.0 Å². The summed E-state index contributed by atoms with van der Waals surface area (Å²) in [5.74, 6) is -1.08. The molecule has 0 aromatic heterocycles. The number of halogens is 1. The molecule has 128 valence electrons. The van der Waals surface area contributed by atoms with Gasteiger partial charge in [0.1, 0.15) is 5.82 Å². The van der Waals surface area contributed by atoms with Gasteiger partial charge in [-0.2, -0.15) is 0 Å². The molecule has 0 aliphatic heterocycles. The molecule has 1 amide bonds. The Morgan fingerprint density at radius 2 is 1.79 bits per heavy atom. The fourth-order valence-electron chi connectivity index (χ4n) is 1.90. The fraction of sp³-hybridized carbons (Fsp3) is 0.188. The van der Waals surface area contributed by atoms with Crippen LogP contribution in [0.1, 0.15) is 10.4 Å². The SMILES string of the molecule is COCCNS(=O)(=O)c1ccc(C(=O)Nc2ccccc2F)cc1. The Morgan fingerprint density at radius 1 is 1.12 bits per heavy atom. The summed E-state index contributed by atoms with van der Waals surface area (Å²) in [5.41, 5.74) is 0.273. The Morgan fingerprint density at radius 3 is 2.42 bits per heavy atom. The fourth-order valence-corrected chi connectivity index (χ4v) is 2.92. The number of carbonyl (C=O) groups excluding carboxylic acids is 1. The van der Waals surface area contributed by atoms with Gasteiger partial charge in [-0.1, -0.05) is 12.1 Å². The minimum absolute atomic E-state index is 0.0287. The number of carbonyl (C=O) groups is 1. The highest BCUT2D eigenvalue weighted by atomic mass is 32.2. The Bertz CT molecular complexity index is 807. The lowest BCUT2D eigenvalue weighted by Crippen LogP contribution is -2.27. The van der Waals surface area contributed by atoms with Gasteiger partial charge in [-0.05, 0) is 36.4 Å². The Hall–Kier alpha value is -2.29. The molecule has 0 aliphatic rings. The van der Waals surface area contributed by atoms with Crippen molar-refractivity contribution in [3.8, 4) is 0 Å². The smallest absolute Gasteiger partial charge is 0.255 e. The molecule has 2 rings (SSSR count). The molecule has 24 heavy (non-hydrogen) atoms. The van der Waals surface area contributed by atoms with E-state index < -0.39 is 21.7 Å². The summed E-state index contributed by atoms with van der Waals surface area (Å²) in [6, 6.07) is 11.1. The quantitative estimate of drug-likeness (QED) is 0.747. The van der Waals surface area contributed by atoms with E-state index in [-0.39, 0.29) is 29.3 Å². The number of hydrogen-bond donors (Lipinski definition) is 2. The van der Waals surface area contributed by atoms with Crippen LogP contribution in [0.2, 0.25) is 0 Å². The number of amides is 1. The van der Waals surface area contributed by atoms with E-state index in [0.717, 1.165) is 0 Å². The van der Waals surface area contributed by atoms with Crippen LogP contribution < -0.4 is 10.0 Å². The van der Waals surface area contributed by atoms with E-state index >= 15 is 0 Å². The van der Waals surface area contributed by atoms with Crippen molar-refractivity contribution >= 4 is 21.6 Å². The molecule has 0 fully saturated rings. The van der Waals surface area contributed by atoms with E-state index in [0.29, 0.717) is 0 Å². The second-order valence-electron chi connectivity index (χ2n) is 4.85. The zero-order valence-corrected chi connectivity index (χ0v) is 13.8. The standard InChI is InChI=1S/C16H17FN2O4S/c1-23-11-10-18-24(21,22)13-8-6-12(7-9-13)16(20)19-15-5-3-2-4-14(15)17/h2-9,18H,10-11H2,1H3,(H,19,20). The molecule has 2 N–H and O–H groups in total. The van der Waals surface area contributed by atoms with Gasteiger partial charge in [0.05, 0.1) is 17.2 Å². The molecule has 0 heterocycles. The van der Waals surface area contributed by atoms with Crippen molar-refractivity contribution in [2.75, 3.05) is 25.6 Å². The number of anilines is 1. The maximum atomic E-state index is 13.5. The second kappa shape index (κ2) is 8.00. The molecule has 6 nitrogen and oxygen atoms in total. The van der Waals surface area contributed by atoms with Crippen LogP contribution in [-0.2, 0) is 14.8 Å². The van der Waals surface area contributed by atoms with Crippen molar-refractivity contribution in [2.24, 2.45) is 0 Å². The van der Waals surface area contributed by atoms with Gasteiger partial charge in [0.15, 0.2) is 0 Å². The number of rotatable bonds is 7. The van der Waals surface area contributed by atoms with Crippen LogP contribution in [-0.4, -0.2) is 34.6 Å². The maximum Gasteiger partial charge on any atom is 0.255 e. The predicted octanol–water partition coefficient (Wildman–Crippen LogP) is 2.00. The van der Waals surface area contributed by atoms with Gasteiger partial charge in [-0.25, -0.2) is 17.5 Å². The van der Waals surface area contributed by atoms with Gasteiger partial charge in [0, 0.05) is 19.2 Å². The lowest BCUT2D eigenvalue weighted by Gasteiger charge is -2.08. The highest BCUT2D eigenvalue weighted by Gasteiger charge is 2.15. The lowest BCUT2D eigenvalue weighted by molar-refractivity contribution is 0.102. The minimum atomic E-state index is -3.66. The van der Waals surface area contributed by atoms with Gasteiger partial charge in [-0.15, -0.1) is 0 Å². The summed E-state index contributed by atoms with van der Waals surface area (Å²) in [6.07, 6.45) is 0. The molecule has 0 bridgehead atoms. The molecule has 2 aromatic carbocycles. The van der Waals surface area contributed by atoms with E-state index in [9.17, 15) is 17.6 Å². The van der Waals surface area contributed by atoms with Crippen molar-refractivity contribution < 1.29 is 22.3 Å². The Kier molecular flexibility index (Phi) is 6.02. The number of sulfonamides is 1. The zero-order chi connectivity index (χ0) is 17.6. The van der Waals surface area contributed by atoms with Crippen molar-refractivity contribution in [2.45, 2.75) is 4.90 Å². The Labute approximate surface area is 139 Å². The van der Waals surface area contributed by atoms with Crippen LogP contribution in [0, 0.1) is 5.82 Å². The number of hydrogen-bond acceptors (Lipinski definition) is 4. The van der Waals surface area contributed by atoms with Crippen LogP contribution in [0.15, 0.2) is 53.4 Å². The predicted molar refractivity (Wildman–Crippen MR) is 87.9 cm³/mol. The summed E-state index contributed by atoms with van der Waals surface area (Å²) in [7, 11) is -2.19. The normalized spacial score (nSPS) is 11.2. The average molecular weight is 352 g/mol. The Balaban J connectivity index is 2.09. The number of nitrogens with one attached hydrogen (secondary N) is 2. The van der Waals surface area contributed by atoms with Crippen LogP contribution >= 0.6 is 0 Å². The number of methoxy groups -OCH3 is 1. The average Bonchev–Trinajstić information content (AvgIpc) is 2.57. The summed E-state index contributed by atoms with van der Waals surface area (Å²) in [6.45, 7) is 0.400. The molecule has 8 heteroatoms. The highest BCUT2D eigenvalue weighted by molar-refractivity contribution is 7.89. The van der Waals surface area contributed by atoms with Crippen molar-refractivity contribution in [3.05, 3.63) is 59.9 Å². The lowest BCUT2D eigenvalue weighted by atomic mass is 10.2. The van der Waals surface area contributed by atoms with E-state index in [1.54, 1.807) is 6.07 Å². The van der Waals surface area contributed by atoms with E-state index in [1.165, 1.54) is 49.6 Å². The van der Waals surface area contributed by atoms with Gasteiger partial charge < -0.3 is 10.1 Å². The summed E-state index contributed by atoms with van der Waals surface area (Å²) in [5, 5.41) is 2.43. The first-order valence-electron chi connectivity index (χ1n) is 7.08. The maximum absolute atomic E-state index is 13.5. The van der Waals surface area contributed by atoms with Gasteiger partial charge >= 0.3 is 0 Å². The zero-order valence-electron chi connectivity index (χ0n) is 13.0. The van der Waals surface area contributed by atoms with Crippen LogP contribution in [0.3, 0.4) is 0 Å². The summed E-state index contributed by atoms with van der Waals surface area (Å²) in [4.78, 5) is 12.1. The summed E-state index contributed by atoms with van der Waals surface area (Å²) >= 11 is 0. The molecule has 0 atom stereocenters. The topological polar surface area (TPSA) is 84.5 Å². The molecule has 0 spiro atoms. The van der Waals surface area contributed by atoms with Crippen LogP contribution in [0.5, 0.6) is 0 Å². The minimum Gasteiger partial charge on any atom is -0.383 e. The van der Waals surface area contributed by atoms with Gasteiger partial charge in [-0.3, -0.25) is 4.79 Å². The number of ether oxygens (including phenoxy) is 1. The van der Waals surface area contributed by atoms with Gasteiger partial charge in [0.2, 0.25) is 10.0 Å². The molecular formula is C16H17FN2O4S. The number of para-hydroxylation sites is 1. The number of benzene rings is 2. The molecule has 0 radical (unpaired) electrons. The molecule has 2 aromatic rings. The van der Waals surface area contributed by atoms with Crippen LogP contribution in [0.25, 0.3) is 0 Å². The third-order valence-electron chi connectivity index (χ3n) is 3.15. The largest absolute Gasteiger partial charge is 0.383 e. The van der Waals surface area contributed by atoms with Crippen molar-refractivity contribution in [1.29, 1.82) is 0 Å². The molecule has 0 unspecified atom stereocenters.